The number of thiocarbonyl (C=S) groups is 1. The maximum atomic E-state index is 6.72. The highest BCUT2D eigenvalue weighted by atomic mass is 32.2. The van der Waals surface area contributed by atoms with Crippen molar-refractivity contribution >= 4 is 34.8 Å². The lowest BCUT2D eigenvalue weighted by atomic mass is 9.80. The lowest BCUT2D eigenvalue weighted by Crippen LogP contribution is -2.69. The number of hydrogen-bond acceptors (Lipinski definition) is 3. The number of rotatable bonds is 2. The predicted octanol–water partition coefficient (Wildman–Crippen LogP) is 4.73. The fraction of sp³-hybridized carbons (Fsp3) is 0.350. The van der Waals surface area contributed by atoms with Crippen LogP contribution in [0.3, 0.4) is 0 Å². The smallest absolute Gasteiger partial charge is 0.194 e. The molecule has 0 amide bonds. The van der Waals surface area contributed by atoms with Crippen LogP contribution in [0.4, 0.5) is 5.69 Å². The average molecular weight is 369 g/mol. The molecule has 2 aliphatic heterocycles. The maximum Gasteiger partial charge on any atom is 0.194 e. The summed E-state index contributed by atoms with van der Waals surface area (Å²) in [6.45, 7) is 0. The van der Waals surface area contributed by atoms with Crippen molar-refractivity contribution in [2.45, 2.75) is 35.9 Å². The van der Waals surface area contributed by atoms with E-state index < -0.39 is 0 Å². The molecule has 5 rings (SSSR count). The van der Waals surface area contributed by atoms with E-state index in [9.17, 15) is 0 Å². The van der Waals surface area contributed by atoms with Crippen LogP contribution in [0.1, 0.15) is 30.9 Å². The quantitative estimate of drug-likeness (QED) is 0.610. The van der Waals surface area contributed by atoms with Crippen molar-refractivity contribution in [1.82, 2.24) is 5.32 Å². The number of ether oxygens (including phenoxy) is 1. The lowest BCUT2D eigenvalue weighted by Gasteiger charge is -2.56. The molecule has 2 heterocycles. The Labute approximate surface area is 157 Å². The molecule has 2 aromatic rings. The molecule has 3 aliphatic rings. The van der Waals surface area contributed by atoms with E-state index >= 15 is 0 Å². The van der Waals surface area contributed by atoms with Crippen LogP contribution in [0.15, 0.2) is 53.4 Å². The minimum Gasteiger partial charge on any atom is -0.467 e. The van der Waals surface area contributed by atoms with Gasteiger partial charge in [0.2, 0.25) is 0 Å². The largest absolute Gasteiger partial charge is 0.467 e. The molecule has 1 N–H and O–H groups in total. The van der Waals surface area contributed by atoms with Gasteiger partial charge in [0.15, 0.2) is 10.8 Å². The number of para-hydroxylation sites is 1. The van der Waals surface area contributed by atoms with Crippen LogP contribution in [-0.2, 0) is 0 Å². The van der Waals surface area contributed by atoms with E-state index in [0.29, 0.717) is 5.92 Å². The van der Waals surface area contributed by atoms with Gasteiger partial charge >= 0.3 is 0 Å². The minimum absolute atomic E-state index is 0.250. The molecular formula is C20H20N2OS2. The van der Waals surface area contributed by atoms with Crippen molar-refractivity contribution in [2.75, 3.05) is 11.2 Å². The first-order chi connectivity index (χ1) is 12.2. The van der Waals surface area contributed by atoms with Crippen molar-refractivity contribution in [3.05, 3.63) is 54.1 Å². The van der Waals surface area contributed by atoms with Crippen LogP contribution in [-0.4, -0.2) is 17.1 Å². The summed E-state index contributed by atoms with van der Waals surface area (Å²) in [5, 5.41) is 4.40. The van der Waals surface area contributed by atoms with E-state index in [4.69, 9.17) is 17.0 Å². The molecule has 25 heavy (non-hydrogen) atoms. The normalized spacial score (nSPS) is 29.5. The highest BCUT2D eigenvalue weighted by Gasteiger charge is 2.60. The van der Waals surface area contributed by atoms with Crippen molar-refractivity contribution < 1.29 is 4.74 Å². The van der Waals surface area contributed by atoms with Crippen LogP contribution in [0.2, 0.25) is 0 Å². The first-order valence-electron chi connectivity index (χ1n) is 8.76. The minimum atomic E-state index is -0.363. The maximum absolute atomic E-state index is 6.72. The number of benzene rings is 2. The zero-order valence-electron chi connectivity index (χ0n) is 14.1. The second-order valence-corrected chi connectivity index (χ2v) is 8.21. The molecule has 3 unspecified atom stereocenters. The highest BCUT2D eigenvalue weighted by Crippen LogP contribution is 2.56. The van der Waals surface area contributed by atoms with Gasteiger partial charge in [0.1, 0.15) is 5.75 Å². The van der Waals surface area contributed by atoms with Crippen molar-refractivity contribution in [1.29, 1.82) is 0 Å². The molecule has 3 nitrogen and oxygen atoms in total. The monoisotopic (exact) mass is 368 g/mol. The number of nitrogens with one attached hydrogen (secondary N) is 1. The Bertz CT molecular complexity index is 855. The summed E-state index contributed by atoms with van der Waals surface area (Å²) < 4.78 is 6.72. The number of hydrogen-bond donors (Lipinski definition) is 1. The SMILES string of the molecule is CSc1cccc(N2C(=S)NC3c4ccccc4OC24CCCC34)c1. The van der Waals surface area contributed by atoms with Gasteiger partial charge in [-0.25, -0.2) is 0 Å². The van der Waals surface area contributed by atoms with E-state index in [2.05, 4.69) is 65.0 Å². The third-order valence-electron chi connectivity index (χ3n) is 5.74. The van der Waals surface area contributed by atoms with E-state index in [-0.39, 0.29) is 11.8 Å². The molecule has 1 saturated carbocycles. The molecule has 0 radical (unpaired) electrons. The molecule has 1 aliphatic carbocycles. The first-order valence-corrected chi connectivity index (χ1v) is 10.4. The molecular weight excluding hydrogens is 348 g/mol. The van der Waals surface area contributed by atoms with Gasteiger partial charge in [-0.2, -0.15) is 0 Å². The highest BCUT2D eigenvalue weighted by molar-refractivity contribution is 7.98. The standard InChI is InChI=1S/C20H20N2OS2/c1-25-14-7-4-6-13(12-14)22-19(24)21-18-15-8-2-3-10-17(15)23-20(22)11-5-9-16(18)20/h2-4,6-8,10,12,16,18H,5,9,11H2,1H3,(H,21,24). The number of anilines is 1. The molecule has 0 spiro atoms. The van der Waals surface area contributed by atoms with Gasteiger partial charge in [-0.3, -0.25) is 4.90 Å². The van der Waals surface area contributed by atoms with Gasteiger partial charge in [-0.15, -0.1) is 11.8 Å². The molecule has 1 saturated heterocycles. The Balaban J connectivity index is 1.68. The van der Waals surface area contributed by atoms with Crippen LogP contribution < -0.4 is 15.0 Å². The third kappa shape index (κ3) is 2.15. The Morgan fingerprint density at radius 1 is 1.24 bits per heavy atom. The third-order valence-corrected chi connectivity index (χ3v) is 6.77. The predicted molar refractivity (Wildman–Crippen MR) is 106 cm³/mol. The van der Waals surface area contributed by atoms with Gasteiger partial charge in [0.25, 0.3) is 0 Å². The number of thioether (sulfide) groups is 1. The summed E-state index contributed by atoms with van der Waals surface area (Å²) in [6, 6.07) is 17.2. The zero-order chi connectivity index (χ0) is 17.0. The second kappa shape index (κ2) is 5.64. The molecule has 2 fully saturated rings. The molecule has 0 aromatic heterocycles. The topological polar surface area (TPSA) is 24.5 Å². The first kappa shape index (κ1) is 15.5. The summed E-state index contributed by atoms with van der Waals surface area (Å²) in [5.41, 5.74) is 2.00. The lowest BCUT2D eigenvalue weighted by molar-refractivity contribution is -0.00507. The Kier molecular flexibility index (Phi) is 3.51. The van der Waals surface area contributed by atoms with Gasteiger partial charge in [-0.1, -0.05) is 24.3 Å². The molecule has 128 valence electrons. The Hall–Kier alpha value is -1.72. The van der Waals surface area contributed by atoms with Gasteiger partial charge < -0.3 is 10.1 Å². The molecule has 2 bridgehead atoms. The summed E-state index contributed by atoms with van der Waals surface area (Å²) in [5.74, 6) is 1.40. The molecule has 5 heteroatoms. The van der Waals surface area contributed by atoms with Crippen molar-refractivity contribution in [3.63, 3.8) is 0 Å². The van der Waals surface area contributed by atoms with E-state index in [1.165, 1.54) is 10.5 Å². The summed E-state index contributed by atoms with van der Waals surface area (Å²) in [7, 11) is 0. The van der Waals surface area contributed by atoms with Crippen LogP contribution in [0.25, 0.3) is 0 Å². The van der Waals surface area contributed by atoms with Gasteiger partial charge in [-0.05, 0) is 55.6 Å². The fourth-order valence-electron chi connectivity index (χ4n) is 4.73. The summed E-state index contributed by atoms with van der Waals surface area (Å²) in [4.78, 5) is 3.48. The molecule has 2 aromatic carbocycles. The van der Waals surface area contributed by atoms with Crippen molar-refractivity contribution in [2.24, 2.45) is 5.92 Å². The van der Waals surface area contributed by atoms with E-state index in [1.807, 2.05) is 0 Å². The van der Waals surface area contributed by atoms with E-state index in [0.717, 1.165) is 35.8 Å². The number of nitrogens with zero attached hydrogens (tertiary/aromatic N) is 1. The Morgan fingerprint density at radius 2 is 2.12 bits per heavy atom. The Morgan fingerprint density at radius 3 is 3.00 bits per heavy atom. The second-order valence-electron chi connectivity index (χ2n) is 6.95. The van der Waals surface area contributed by atoms with Gasteiger partial charge in [0.05, 0.1) is 6.04 Å². The fourth-order valence-corrected chi connectivity index (χ4v) is 5.57. The number of fused-ring (bicyclic) bond motifs is 2. The van der Waals surface area contributed by atoms with Crippen LogP contribution in [0.5, 0.6) is 5.75 Å². The zero-order valence-corrected chi connectivity index (χ0v) is 15.7. The van der Waals surface area contributed by atoms with E-state index in [1.54, 1.807) is 11.8 Å². The van der Waals surface area contributed by atoms with Crippen LogP contribution in [0, 0.1) is 5.92 Å². The van der Waals surface area contributed by atoms with Crippen molar-refractivity contribution in [3.8, 4) is 5.75 Å². The summed E-state index contributed by atoms with van der Waals surface area (Å²) >= 11 is 7.57. The van der Waals surface area contributed by atoms with Gasteiger partial charge in [0, 0.05) is 28.5 Å². The average Bonchev–Trinajstić information content (AvgIpc) is 3.06. The van der Waals surface area contributed by atoms with Crippen LogP contribution >= 0.6 is 24.0 Å². The molecule has 3 atom stereocenters. The summed E-state index contributed by atoms with van der Waals surface area (Å²) in [6.07, 6.45) is 5.44.